The molecule has 1 atom stereocenters. The topological polar surface area (TPSA) is 81.6 Å². The second-order valence-corrected chi connectivity index (χ2v) is 6.13. The lowest BCUT2D eigenvalue weighted by Crippen LogP contribution is -2.44. The summed E-state index contributed by atoms with van der Waals surface area (Å²) in [6.07, 6.45) is 5.09. The van der Waals surface area contributed by atoms with E-state index in [9.17, 15) is 9.59 Å². The van der Waals surface area contributed by atoms with Gasteiger partial charge in [-0.2, -0.15) is 0 Å². The average molecular weight is 386 g/mol. The highest BCUT2D eigenvalue weighted by atomic mass is 79.9. The van der Waals surface area contributed by atoms with Crippen LogP contribution in [0.15, 0.2) is 16.9 Å². The lowest BCUT2D eigenvalue weighted by Gasteiger charge is -2.32. The summed E-state index contributed by atoms with van der Waals surface area (Å²) < 4.78 is 11.3. The molecule has 2 heterocycles. The molecular weight excluding hydrogens is 366 g/mol. The zero-order chi connectivity index (χ0) is 16.7. The Bertz CT molecular complexity index is 538. The Morgan fingerprint density at radius 1 is 1.35 bits per heavy atom. The summed E-state index contributed by atoms with van der Waals surface area (Å²) in [4.78, 5) is 33.4. The summed E-state index contributed by atoms with van der Waals surface area (Å²) in [6.45, 7) is 3.25. The minimum Gasteiger partial charge on any atom is -0.466 e. The largest absolute Gasteiger partial charge is 0.466 e. The number of piperidine rings is 1. The summed E-state index contributed by atoms with van der Waals surface area (Å²) in [6, 6.07) is 0.305. The van der Waals surface area contributed by atoms with E-state index in [2.05, 4.69) is 25.9 Å². The molecule has 1 aromatic rings. The summed E-state index contributed by atoms with van der Waals surface area (Å²) >= 11 is 3.27. The fourth-order valence-corrected chi connectivity index (χ4v) is 2.58. The van der Waals surface area contributed by atoms with Crippen molar-refractivity contribution in [3.8, 4) is 6.01 Å². The van der Waals surface area contributed by atoms with Crippen LogP contribution < -0.4 is 4.74 Å². The van der Waals surface area contributed by atoms with Gasteiger partial charge in [-0.25, -0.2) is 9.97 Å². The molecule has 0 unspecified atom stereocenters. The van der Waals surface area contributed by atoms with Crippen LogP contribution in [0.5, 0.6) is 6.01 Å². The number of hydrogen-bond acceptors (Lipinski definition) is 6. The third-order valence-electron chi connectivity index (χ3n) is 3.45. The number of esters is 1. The third kappa shape index (κ3) is 5.78. The molecule has 2 rings (SSSR count). The molecule has 7 nitrogen and oxygen atoms in total. The van der Waals surface area contributed by atoms with Crippen LogP contribution in [-0.4, -0.2) is 52.5 Å². The second-order valence-electron chi connectivity index (χ2n) is 5.21. The lowest BCUT2D eigenvalue weighted by atomic mass is 10.1. The first-order valence-electron chi connectivity index (χ1n) is 7.66. The number of likely N-dealkylation sites (tertiary alicyclic amines) is 1. The Kier molecular flexibility index (Phi) is 6.76. The maximum Gasteiger partial charge on any atom is 0.316 e. The van der Waals surface area contributed by atoms with Gasteiger partial charge in [0.25, 0.3) is 0 Å². The predicted octanol–water partition coefficient (Wildman–Crippen LogP) is 1.95. The molecule has 1 fully saturated rings. The van der Waals surface area contributed by atoms with E-state index in [1.165, 1.54) is 0 Å². The van der Waals surface area contributed by atoms with Crippen LogP contribution >= 0.6 is 15.9 Å². The minimum absolute atomic E-state index is 0.0527. The van der Waals surface area contributed by atoms with E-state index in [1.54, 1.807) is 24.2 Å². The molecule has 0 aliphatic carbocycles. The third-order valence-corrected chi connectivity index (χ3v) is 3.86. The monoisotopic (exact) mass is 385 g/mol. The number of carbonyl (C=O) groups excluding carboxylic acids is 2. The van der Waals surface area contributed by atoms with Gasteiger partial charge >= 0.3 is 12.0 Å². The number of nitrogens with zero attached hydrogens (tertiary/aromatic N) is 3. The van der Waals surface area contributed by atoms with E-state index < -0.39 is 0 Å². The highest BCUT2D eigenvalue weighted by Crippen LogP contribution is 2.17. The smallest absolute Gasteiger partial charge is 0.316 e. The number of aromatic nitrogens is 2. The quantitative estimate of drug-likeness (QED) is 0.696. The van der Waals surface area contributed by atoms with Gasteiger partial charge in [-0.05, 0) is 35.7 Å². The summed E-state index contributed by atoms with van der Waals surface area (Å²) in [7, 11) is 0. The van der Waals surface area contributed by atoms with Crippen LogP contribution in [0.25, 0.3) is 0 Å². The van der Waals surface area contributed by atoms with Gasteiger partial charge in [-0.15, -0.1) is 0 Å². The first kappa shape index (κ1) is 17.7. The molecule has 8 heteroatoms. The fourth-order valence-electron chi connectivity index (χ4n) is 2.37. The van der Waals surface area contributed by atoms with E-state index in [0.717, 1.165) is 17.3 Å². The summed E-state index contributed by atoms with van der Waals surface area (Å²) in [5.41, 5.74) is 0. The molecule has 0 aromatic carbocycles. The second kappa shape index (κ2) is 8.81. The molecule has 0 N–H and O–H groups in total. The molecule has 0 radical (unpaired) electrons. The molecule has 1 aliphatic rings. The molecule has 1 aliphatic heterocycles. The van der Waals surface area contributed by atoms with Crippen LogP contribution in [0.1, 0.15) is 32.6 Å². The summed E-state index contributed by atoms with van der Waals surface area (Å²) in [5.74, 6) is -0.392. The number of rotatable bonds is 6. The number of carbonyl (C=O) groups is 2. The van der Waals surface area contributed by atoms with E-state index in [1.807, 2.05) is 0 Å². The van der Waals surface area contributed by atoms with E-state index in [0.29, 0.717) is 25.7 Å². The summed E-state index contributed by atoms with van der Waals surface area (Å²) in [5, 5.41) is 0. The maximum atomic E-state index is 12.2. The van der Waals surface area contributed by atoms with Crippen molar-refractivity contribution in [2.45, 2.75) is 38.7 Å². The molecule has 1 amide bonds. The van der Waals surface area contributed by atoms with Gasteiger partial charge in [0.2, 0.25) is 5.91 Å². The standard InChI is InChI=1S/C15H20BrN3O4/c1-2-22-14(21)6-5-13(20)19-7-3-4-12(10-19)23-15-17-8-11(16)9-18-15/h8-9,12H,2-7,10H2,1H3/t12-/m1/s1. The number of hydrogen-bond donors (Lipinski definition) is 0. The molecule has 0 bridgehead atoms. The van der Waals surface area contributed by atoms with Crippen molar-refractivity contribution in [2.75, 3.05) is 19.7 Å². The van der Waals surface area contributed by atoms with Gasteiger partial charge < -0.3 is 14.4 Å². The Balaban J connectivity index is 1.81. The van der Waals surface area contributed by atoms with Crippen molar-refractivity contribution < 1.29 is 19.1 Å². The van der Waals surface area contributed by atoms with E-state index >= 15 is 0 Å². The zero-order valence-corrected chi connectivity index (χ0v) is 14.6. The van der Waals surface area contributed by atoms with Crippen LogP contribution in [0, 0.1) is 0 Å². The van der Waals surface area contributed by atoms with Gasteiger partial charge in [0.05, 0.1) is 24.0 Å². The number of ether oxygens (including phenoxy) is 2. The number of amides is 1. The van der Waals surface area contributed by atoms with Crippen molar-refractivity contribution >= 4 is 27.8 Å². The Morgan fingerprint density at radius 3 is 2.78 bits per heavy atom. The van der Waals surface area contributed by atoms with Crippen LogP contribution in [0.4, 0.5) is 0 Å². The van der Waals surface area contributed by atoms with Crippen molar-refractivity contribution in [3.05, 3.63) is 16.9 Å². The first-order chi connectivity index (χ1) is 11.1. The normalized spacial score (nSPS) is 17.7. The van der Waals surface area contributed by atoms with Crippen molar-refractivity contribution in [1.82, 2.24) is 14.9 Å². The van der Waals surface area contributed by atoms with E-state index in [4.69, 9.17) is 9.47 Å². The van der Waals surface area contributed by atoms with Crippen molar-refractivity contribution in [1.29, 1.82) is 0 Å². The average Bonchev–Trinajstić information content (AvgIpc) is 2.55. The molecule has 23 heavy (non-hydrogen) atoms. The van der Waals surface area contributed by atoms with Crippen molar-refractivity contribution in [2.24, 2.45) is 0 Å². The molecule has 126 valence electrons. The highest BCUT2D eigenvalue weighted by Gasteiger charge is 2.25. The van der Waals surface area contributed by atoms with Gasteiger partial charge in [0, 0.05) is 25.4 Å². The predicted molar refractivity (Wildman–Crippen MR) is 85.8 cm³/mol. The van der Waals surface area contributed by atoms with Gasteiger partial charge in [0.1, 0.15) is 6.10 Å². The number of halogens is 1. The Hall–Kier alpha value is -1.70. The Morgan fingerprint density at radius 2 is 2.09 bits per heavy atom. The molecule has 0 saturated carbocycles. The minimum atomic E-state index is -0.339. The van der Waals surface area contributed by atoms with Crippen molar-refractivity contribution in [3.63, 3.8) is 0 Å². The van der Waals surface area contributed by atoms with Gasteiger partial charge in [-0.3, -0.25) is 9.59 Å². The molecule has 1 saturated heterocycles. The maximum absolute atomic E-state index is 12.2. The van der Waals surface area contributed by atoms with Crippen LogP contribution in [0.3, 0.4) is 0 Å². The lowest BCUT2D eigenvalue weighted by molar-refractivity contribution is -0.146. The zero-order valence-electron chi connectivity index (χ0n) is 13.0. The molecular formula is C15H20BrN3O4. The first-order valence-corrected chi connectivity index (χ1v) is 8.45. The Labute approximate surface area is 143 Å². The molecule has 0 spiro atoms. The van der Waals surface area contributed by atoms with Gasteiger partial charge in [0.15, 0.2) is 0 Å². The molecule has 1 aromatic heterocycles. The van der Waals surface area contributed by atoms with Crippen LogP contribution in [-0.2, 0) is 14.3 Å². The highest BCUT2D eigenvalue weighted by molar-refractivity contribution is 9.10. The SMILES string of the molecule is CCOC(=O)CCC(=O)N1CCC[C@@H](Oc2ncc(Br)cn2)C1. The van der Waals surface area contributed by atoms with Gasteiger partial charge in [-0.1, -0.05) is 0 Å². The fraction of sp³-hybridized carbons (Fsp3) is 0.600. The van der Waals surface area contributed by atoms with E-state index in [-0.39, 0.29) is 30.8 Å². The van der Waals surface area contributed by atoms with Crippen LogP contribution in [0.2, 0.25) is 0 Å².